The van der Waals surface area contributed by atoms with Gasteiger partial charge in [-0.05, 0) is 26.0 Å². The van der Waals surface area contributed by atoms with E-state index in [1.54, 1.807) is 0 Å². The van der Waals surface area contributed by atoms with Gasteiger partial charge in [0.1, 0.15) is 0 Å². The Morgan fingerprint density at radius 2 is 1.10 bits per heavy atom. The van der Waals surface area contributed by atoms with Crippen molar-refractivity contribution in [3.05, 3.63) is 83.2 Å². The Balaban J connectivity index is 0.00000256. The zero-order valence-corrected chi connectivity index (χ0v) is 20.2. The summed E-state index contributed by atoms with van der Waals surface area (Å²) in [5.41, 5.74) is 5.45. The maximum absolute atomic E-state index is 4.91. The zero-order valence-electron chi connectivity index (χ0n) is 18.0. The summed E-state index contributed by atoms with van der Waals surface area (Å²) in [6, 6.07) is 12.1. The monoisotopic (exact) mass is 579 g/mol. The van der Waals surface area contributed by atoms with Gasteiger partial charge in [-0.2, -0.15) is 0 Å². The first-order chi connectivity index (χ1) is 13.8. The van der Waals surface area contributed by atoms with Crippen LogP contribution in [0.5, 0.6) is 0 Å². The molecular formula is C23H24N6Pt. The SMILES string of the molecule is Cc1n[c-]n(-c2cccc(C(C)(C)c3cccc(-n4[c-]nc(C)c4C)n3)n2)c1C.[Pt+2]. The van der Waals surface area contributed by atoms with Crippen LogP contribution in [0.15, 0.2) is 36.4 Å². The number of hydrogen-bond donors (Lipinski definition) is 0. The molecule has 0 saturated heterocycles. The quantitative estimate of drug-likeness (QED) is 0.343. The van der Waals surface area contributed by atoms with Crippen LogP contribution < -0.4 is 0 Å². The molecule has 0 N–H and O–H groups in total. The van der Waals surface area contributed by atoms with E-state index in [0.29, 0.717) is 0 Å². The molecule has 156 valence electrons. The normalized spacial score (nSPS) is 11.4. The molecule has 0 bridgehead atoms. The molecule has 0 atom stereocenters. The summed E-state index contributed by atoms with van der Waals surface area (Å²) in [5.74, 6) is 1.61. The number of aromatic nitrogens is 6. The van der Waals surface area contributed by atoms with E-state index in [1.807, 2.05) is 73.2 Å². The minimum absolute atomic E-state index is 0. The maximum atomic E-state index is 4.91. The fraction of sp³-hybridized carbons (Fsp3) is 0.304. The molecule has 4 aromatic rings. The van der Waals surface area contributed by atoms with Crippen molar-refractivity contribution in [1.82, 2.24) is 29.1 Å². The van der Waals surface area contributed by atoms with Gasteiger partial charge in [0.05, 0.1) is 11.6 Å². The molecule has 0 aromatic carbocycles. The third-order valence-corrected chi connectivity index (χ3v) is 5.56. The van der Waals surface area contributed by atoms with E-state index in [0.717, 1.165) is 45.8 Å². The van der Waals surface area contributed by atoms with Crippen LogP contribution in [0.3, 0.4) is 0 Å². The van der Waals surface area contributed by atoms with Crippen LogP contribution >= 0.6 is 0 Å². The number of nitrogens with zero attached hydrogens (tertiary/aromatic N) is 6. The molecule has 0 aliphatic heterocycles. The van der Waals surface area contributed by atoms with E-state index in [9.17, 15) is 0 Å². The second-order valence-electron chi connectivity index (χ2n) is 7.82. The van der Waals surface area contributed by atoms with Gasteiger partial charge in [-0.15, -0.1) is 0 Å². The minimum Gasteiger partial charge on any atom is -0.415 e. The van der Waals surface area contributed by atoms with Crippen molar-refractivity contribution in [1.29, 1.82) is 0 Å². The Labute approximate surface area is 191 Å². The predicted octanol–water partition coefficient (Wildman–Crippen LogP) is 4.01. The zero-order chi connectivity index (χ0) is 20.8. The molecule has 7 heteroatoms. The van der Waals surface area contributed by atoms with Gasteiger partial charge in [0.2, 0.25) is 0 Å². The van der Waals surface area contributed by atoms with Gasteiger partial charge < -0.3 is 19.1 Å². The van der Waals surface area contributed by atoms with Crippen LogP contribution in [0.2, 0.25) is 0 Å². The van der Waals surface area contributed by atoms with E-state index in [4.69, 9.17) is 9.97 Å². The number of hydrogen-bond acceptors (Lipinski definition) is 4. The average Bonchev–Trinajstić information content (AvgIpc) is 3.24. The first kappa shape index (κ1) is 22.1. The molecule has 4 heterocycles. The topological polar surface area (TPSA) is 61.4 Å². The van der Waals surface area contributed by atoms with Gasteiger partial charge in [-0.1, -0.05) is 74.7 Å². The summed E-state index contributed by atoms with van der Waals surface area (Å²) < 4.78 is 3.79. The fourth-order valence-electron chi connectivity index (χ4n) is 3.25. The standard InChI is InChI=1S/C23H24N6.Pt/c1-15-17(3)28(13-24-15)21-11-7-9-19(26-21)23(5,6)20-10-8-12-22(27-20)29-14-25-16(2)18(29)4;/h7-12H,1-6H3;/q-2;+2. The molecule has 0 aliphatic rings. The van der Waals surface area contributed by atoms with Gasteiger partial charge in [0.25, 0.3) is 0 Å². The number of rotatable bonds is 4. The summed E-state index contributed by atoms with van der Waals surface area (Å²) in [4.78, 5) is 18.4. The van der Waals surface area contributed by atoms with Crippen molar-refractivity contribution in [3.63, 3.8) is 0 Å². The van der Waals surface area contributed by atoms with Crippen LogP contribution in [0.25, 0.3) is 11.6 Å². The molecule has 0 spiro atoms. The molecule has 0 radical (unpaired) electrons. The molecule has 0 unspecified atom stereocenters. The Kier molecular flexibility index (Phi) is 6.09. The summed E-state index contributed by atoms with van der Waals surface area (Å²) in [7, 11) is 0. The molecule has 30 heavy (non-hydrogen) atoms. The van der Waals surface area contributed by atoms with Gasteiger partial charge >= 0.3 is 21.1 Å². The molecular weight excluding hydrogens is 555 g/mol. The van der Waals surface area contributed by atoms with E-state index < -0.39 is 0 Å². The van der Waals surface area contributed by atoms with Crippen molar-refractivity contribution >= 4 is 0 Å². The van der Waals surface area contributed by atoms with E-state index in [1.165, 1.54) is 0 Å². The molecule has 4 rings (SSSR count). The van der Waals surface area contributed by atoms with E-state index in [-0.39, 0.29) is 26.5 Å². The van der Waals surface area contributed by atoms with Crippen molar-refractivity contribution < 1.29 is 21.1 Å². The number of imidazole rings is 2. The smallest absolute Gasteiger partial charge is 0.415 e. The van der Waals surface area contributed by atoms with Crippen molar-refractivity contribution in [2.75, 3.05) is 0 Å². The summed E-state index contributed by atoms with van der Waals surface area (Å²) in [6.45, 7) is 12.3. The Morgan fingerprint density at radius 3 is 1.43 bits per heavy atom. The summed E-state index contributed by atoms with van der Waals surface area (Å²) in [5, 5.41) is 0. The average molecular weight is 580 g/mol. The summed E-state index contributed by atoms with van der Waals surface area (Å²) in [6.07, 6.45) is 6.04. The fourth-order valence-corrected chi connectivity index (χ4v) is 3.25. The first-order valence-electron chi connectivity index (χ1n) is 9.62. The molecule has 6 nitrogen and oxygen atoms in total. The molecule has 0 saturated carbocycles. The van der Waals surface area contributed by atoms with Crippen LogP contribution in [0.4, 0.5) is 0 Å². The third-order valence-electron chi connectivity index (χ3n) is 5.56. The van der Waals surface area contributed by atoms with Crippen molar-refractivity contribution in [2.24, 2.45) is 0 Å². The van der Waals surface area contributed by atoms with E-state index >= 15 is 0 Å². The first-order valence-corrected chi connectivity index (χ1v) is 9.62. The molecule has 0 aliphatic carbocycles. The number of pyridine rings is 2. The second-order valence-corrected chi connectivity index (χ2v) is 7.82. The van der Waals surface area contributed by atoms with Gasteiger partial charge in [0.15, 0.2) is 0 Å². The largest absolute Gasteiger partial charge is 2.00 e. The van der Waals surface area contributed by atoms with Crippen molar-refractivity contribution in [3.8, 4) is 11.6 Å². The molecule has 0 fully saturated rings. The Morgan fingerprint density at radius 1 is 0.700 bits per heavy atom. The van der Waals surface area contributed by atoms with Gasteiger partial charge in [-0.3, -0.25) is 9.97 Å². The predicted molar refractivity (Wildman–Crippen MR) is 111 cm³/mol. The minimum atomic E-state index is -0.390. The summed E-state index contributed by atoms with van der Waals surface area (Å²) >= 11 is 0. The van der Waals surface area contributed by atoms with Crippen molar-refractivity contribution in [2.45, 2.75) is 47.0 Å². The van der Waals surface area contributed by atoms with Crippen LogP contribution in [-0.4, -0.2) is 29.1 Å². The molecule has 0 amide bonds. The van der Waals surface area contributed by atoms with Gasteiger partial charge in [0, 0.05) is 29.5 Å². The number of aryl methyl sites for hydroxylation is 2. The van der Waals surface area contributed by atoms with Gasteiger partial charge in [-0.25, -0.2) is 0 Å². The second kappa shape index (κ2) is 8.27. The molecule has 4 aromatic heterocycles. The Hall–Kier alpha value is -2.59. The van der Waals surface area contributed by atoms with Crippen LogP contribution in [0, 0.1) is 40.3 Å². The van der Waals surface area contributed by atoms with Crippen LogP contribution in [0.1, 0.15) is 48.0 Å². The van der Waals surface area contributed by atoms with E-state index in [2.05, 4.69) is 36.5 Å². The van der Waals surface area contributed by atoms with Crippen LogP contribution in [-0.2, 0) is 26.5 Å². The third kappa shape index (κ3) is 3.76. The maximum Gasteiger partial charge on any atom is 2.00 e. The Bertz CT molecular complexity index is 1100.